The highest BCUT2D eigenvalue weighted by Gasteiger charge is 2.31. The van der Waals surface area contributed by atoms with Crippen LogP contribution in [0.25, 0.3) is 22.0 Å². The number of alkyl halides is 3. The molecule has 2 aromatic heterocycles. The number of hydrogen-bond acceptors (Lipinski definition) is 5. The lowest BCUT2D eigenvalue weighted by Crippen LogP contribution is -2.27. The van der Waals surface area contributed by atoms with E-state index in [1.54, 1.807) is 12.4 Å². The van der Waals surface area contributed by atoms with E-state index in [4.69, 9.17) is 4.98 Å². The van der Waals surface area contributed by atoms with Crippen molar-refractivity contribution >= 4 is 28.4 Å². The van der Waals surface area contributed by atoms with Crippen molar-refractivity contribution in [1.29, 1.82) is 0 Å². The average molecular weight is 583 g/mol. The Morgan fingerprint density at radius 3 is 2.60 bits per heavy atom. The minimum absolute atomic E-state index is 0.0309. The second kappa shape index (κ2) is 10.5. The van der Waals surface area contributed by atoms with Gasteiger partial charge in [0.05, 0.1) is 35.0 Å². The summed E-state index contributed by atoms with van der Waals surface area (Å²) < 4.78 is 41.4. The number of rotatable bonds is 8. The van der Waals surface area contributed by atoms with E-state index in [0.29, 0.717) is 17.9 Å². The summed E-state index contributed by atoms with van der Waals surface area (Å²) in [4.78, 5) is 22.1. The first-order valence-corrected chi connectivity index (χ1v) is 14.4. The number of benzene rings is 3. The molecule has 0 aliphatic heterocycles. The highest BCUT2D eigenvalue weighted by Crippen LogP contribution is 2.45. The van der Waals surface area contributed by atoms with Crippen LogP contribution in [0.4, 0.5) is 24.8 Å². The molecule has 2 aliphatic rings. The first kappa shape index (κ1) is 27.1. The van der Waals surface area contributed by atoms with Crippen molar-refractivity contribution in [3.8, 4) is 11.1 Å². The maximum Gasteiger partial charge on any atom is 0.416 e. The van der Waals surface area contributed by atoms with Crippen LogP contribution in [-0.4, -0.2) is 25.7 Å². The Kier molecular flexibility index (Phi) is 6.64. The van der Waals surface area contributed by atoms with E-state index in [1.165, 1.54) is 17.7 Å². The molecule has 218 valence electrons. The van der Waals surface area contributed by atoms with E-state index in [1.807, 2.05) is 36.0 Å². The van der Waals surface area contributed by atoms with E-state index in [0.717, 1.165) is 71.1 Å². The number of nitrogens with one attached hydrogen (secondary N) is 2. The Bertz CT molecular complexity index is 1840. The van der Waals surface area contributed by atoms with Crippen LogP contribution >= 0.6 is 0 Å². The summed E-state index contributed by atoms with van der Waals surface area (Å²) in [5.74, 6) is 0.425. The number of nitrogens with zero attached hydrogens (tertiary/aromatic N) is 4. The summed E-state index contributed by atoms with van der Waals surface area (Å²) in [5, 5.41) is 11.4. The first-order chi connectivity index (χ1) is 20.7. The topological polar surface area (TPSA) is 84.7 Å². The molecule has 7 nitrogen and oxygen atoms in total. The minimum Gasteiger partial charge on any atom is -0.346 e. The van der Waals surface area contributed by atoms with E-state index >= 15 is 0 Å². The molecule has 2 fully saturated rings. The Morgan fingerprint density at radius 1 is 1.00 bits per heavy atom. The van der Waals surface area contributed by atoms with Crippen molar-refractivity contribution in [1.82, 2.24) is 25.1 Å². The highest BCUT2D eigenvalue weighted by molar-refractivity contribution is 5.94. The predicted octanol–water partition coefficient (Wildman–Crippen LogP) is 7.96. The normalized spacial score (nSPS) is 15.8. The van der Waals surface area contributed by atoms with Gasteiger partial charge in [0.15, 0.2) is 0 Å². The lowest BCUT2D eigenvalue weighted by Gasteiger charge is -2.18. The van der Waals surface area contributed by atoms with Gasteiger partial charge in [0.1, 0.15) is 0 Å². The van der Waals surface area contributed by atoms with Crippen LogP contribution in [-0.2, 0) is 6.18 Å². The first-order valence-electron chi connectivity index (χ1n) is 14.4. The fourth-order valence-electron chi connectivity index (χ4n) is 5.38. The summed E-state index contributed by atoms with van der Waals surface area (Å²) in [6, 6.07) is 16.8. The number of carbonyl (C=O) groups excluding carboxylic acids is 1. The molecule has 2 aliphatic carbocycles. The second-order valence-electron chi connectivity index (χ2n) is 11.4. The summed E-state index contributed by atoms with van der Waals surface area (Å²) in [6.45, 7) is 1.83. The monoisotopic (exact) mass is 582 g/mol. The molecule has 3 aromatic carbocycles. The lowest BCUT2D eigenvalue weighted by atomic mass is 9.92. The van der Waals surface area contributed by atoms with Gasteiger partial charge < -0.3 is 10.6 Å². The largest absolute Gasteiger partial charge is 0.416 e. The van der Waals surface area contributed by atoms with Crippen molar-refractivity contribution in [3.05, 3.63) is 102 Å². The Morgan fingerprint density at radius 2 is 1.84 bits per heavy atom. The van der Waals surface area contributed by atoms with Gasteiger partial charge in [0.2, 0.25) is 5.95 Å². The van der Waals surface area contributed by atoms with Gasteiger partial charge in [-0.3, -0.25) is 9.48 Å². The van der Waals surface area contributed by atoms with Crippen LogP contribution in [0.3, 0.4) is 0 Å². The van der Waals surface area contributed by atoms with Gasteiger partial charge in [-0.2, -0.15) is 18.3 Å². The molecule has 0 saturated heterocycles. The van der Waals surface area contributed by atoms with Crippen LogP contribution in [0, 0.1) is 0 Å². The van der Waals surface area contributed by atoms with Gasteiger partial charge in [-0.05, 0) is 97.2 Å². The minimum atomic E-state index is -4.52. The van der Waals surface area contributed by atoms with Crippen molar-refractivity contribution in [2.45, 2.75) is 56.8 Å². The molecule has 0 bridgehead atoms. The molecule has 10 heteroatoms. The third kappa shape index (κ3) is 5.82. The molecule has 0 spiro atoms. The lowest BCUT2D eigenvalue weighted by molar-refractivity contribution is -0.137. The summed E-state index contributed by atoms with van der Waals surface area (Å²) in [7, 11) is 0. The van der Waals surface area contributed by atoms with E-state index < -0.39 is 23.7 Å². The fraction of sp³-hybridized carbons (Fsp3) is 0.273. The highest BCUT2D eigenvalue weighted by atomic mass is 19.4. The standard InChI is InChI=1S/C33H29F3N6O/c1-19(39-31(43)23-3-2-4-25(14-23)33(34,35)36)21-7-11-28(20-5-6-20)29(15-21)22-8-12-30-24(13-22)16-37-32(41-30)40-26-17-38-42(18-26)27-9-10-27/h2-4,7-8,11-20,27H,5-6,9-10H2,1H3,(H,39,43)(H,37,40,41)/t19-/m0/s1. The van der Waals surface area contributed by atoms with Gasteiger partial charge in [-0.25, -0.2) is 9.97 Å². The number of halogens is 3. The van der Waals surface area contributed by atoms with Crippen LogP contribution in [0.1, 0.15) is 77.7 Å². The zero-order valence-corrected chi connectivity index (χ0v) is 23.4. The van der Waals surface area contributed by atoms with Crippen molar-refractivity contribution < 1.29 is 18.0 Å². The zero-order valence-electron chi connectivity index (χ0n) is 23.4. The Hall–Kier alpha value is -4.73. The van der Waals surface area contributed by atoms with Crippen LogP contribution < -0.4 is 10.6 Å². The Balaban J connectivity index is 1.13. The Labute approximate surface area is 246 Å². The van der Waals surface area contributed by atoms with Gasteiger partial charge in [0, 0.05) is 23.3 Å². The number of amides is 1. The number of hydrogen-bond donors (Lipinski definition) is 2. The zero-order chi connectivity index (χ0) is 29.7. The van der Waals surface area contributed by atoms with Gasteiger partial charge in [-0.1, -0.05) is 24.3 Å². The fourth-order valence-corrected chi connectivity index (χ4v) is 5.38. The number of anilines is 2. The molecule has 0 unspecified atom stereocenters. The van der Waals surface area contributed by atoms with Crippen molar-refractivity contribution in [3.63, 3.8) is 0 Å². The van der Waals surface area contributed by atoms with Crippen LogP contribution in [0.2, 0.25) is 0 Å². The number of aromatic nitrogens is 4. The summed E-state index contributed by atoms with van der Waals surface area (Å²) in [5.41, 5.74) is 4.96. The number of fused-ring (bicyclic) bond motifs is 1. The molecule has 7 rings (SSSR count). The predicted molar refractivity (Wildman–Crippen MR) is 158 cm³/mol. The number of carbonyl (C=O) groups is 1. The quantitative estimate of drug-likeness (QED) is 0.194. The molecule has 5 aromatic rings. The summed E-state index contributed by atoms with van der Waals surface area (Å²) in [6.07, 6.45) is 5.61. The van der Waals surface area contributed by atoms with E-state index in [-0.39, 0.29) is 5.56 Å². The van der Waals surface area contributed by atoms with Crippen molar-refractivity contribution in [2.75, 3.05) is 5.32 Å². The molecular formula is C33H29F3N6O. The third-order valence-electron chi connectivity index (χ3n) is 8.06. The van der Waals surface area contributed by atoms with E-state index in [2.05, 4.69) is 38.9 Å². The molecule has 2 saturated carbocycles. The van der Waals surface area contributed by atoms with Crippen molar-refractivity contribution in [2.24, 2.45) is 0 Å². The summed E-state index contributed by atoms with van der Waals surface area (Å²) >= 11 is 0. The van der Waals surface area contributed by atoms with Crippen LogP contribution in [0.5, 0.6) is 0 Å². The third-order valence-corrected chi connectivity index (χ3v) is 8.06. The molecular weight excluding hydrogens is 553 g/mol. The van der Waals surface area contributed by atoms with Gasteiger partial charge in [-0.15, -0.1) is 0 Å². The average Bonchev–Trinajstić information content (AvgIpc) is 3.95. The smallest absolute Gasteiger partial charge is 0.346 e. The van der Waals surface area contributed by atoms with Gasteiger partial charge in [0.25, 0.3) is 5.91 Å². The SMILES string of the molecule is C[C@H](NC(=O)c1cccc(C(F)(F)F)c1)c1ccc(C2CC2)c(-c2ccc3nc(Nc4cnn(C5CC5)c4)ncc3c2)c1. The van der Waals surface area contributed by atoms with Crippen LogP contribution in [0.15, 0.2) is 79.3 Å². The molecule has 0 radical (unpaired) electrons. The maximum atomic E-state index is 13.2. The molecule has 1 atom stereocenters. The molecule has 1 amide bonds. The van der Waals surface area contributed by atoms with Gasteiger partial charge >= 0.3 is 6.18 Å². The molecule has 43 heavy (non-hydrogen) atoms. The maximum absolute atomic E-state index is 13.2. The second-order valence-corrected chi connectivity index (χ2v) is 11.4. The molecule has 2 N–H and O–H groups in total. The molecule has 2 heterocycles. The van der Waals surface area contributed by atoms with E-state index in [9.17, 15) is 18.0 Å².